The first kappa shape index (κ1) is 13.5. The maximum atomic E-state index is 11.2. The number of nitrogens with zero attached hydrogens (tertiary/aromatic N) is 2. The van der Waals surface area contributed by atoms with E-state index in [-0.39, 0.29) is 6.54 Å². The highest BCUT2D eigenvalue weighted by molar-refractivity contribution is 6.35. The summed E-state index contributed by atoms with van der Waals surface area (Å²) in [6.07, 6.45) is 3.35. The van der Waals surface area contributed by atoms with Gasteiger partial charge in [-0.1, -0.05) is 0 Å². The molecule has 0 saturated carbocycles. The van der Waals surface area contributed by atoms with Crippen molar-refractivity contribution in [3.8, 4) is 6.07 Å². The van der Waals surface area contributed by atoms with E-state index in [1.165, 1.54) is 12.8 Å². The van der Waals surface area contributed by atoms with Crippen molar-refractivity contribution in [1.82, 2.24) is 15.5 Å². The van der Waals surface area contributed by atoms with Crippen LogP contribution in [0.25, 0.3) is 0 Å². The standard InChI is InChI=1S/C11H18N4O2/c12-4-6-14-11(17)10(16)13-5-3-9-15-7-1-2-8-15/h1-3,5-9H2,(H,13,16)(H,14,17). The Bertz CT molecular complexity index is 305. The highest BCUT2D eigenvalue weighted by Crippen LogP contribution is 2.06. The van der Waals surface area contributed by atoms with Gasteiger partial charge in [-0.3, -0.25) is 9.59 Å². The minimum atomic E-state index is -0.743. The predicted octanol–water partition coefficient (Wildman–Crippen LogP) is -0.772. The number of nitriles is 1. The second kappa shape index (κ2) is 7.63. The summed E-state index contributed by atoms with van der Waals surface area (Å²) in [4.78, 5) is 24.6. The lowest BCUT2D eigenvalue weighted by molar-refractivity contribution is -0.139. The largest absolute Gasteiger partial charge is 0.348 e. The Labute approximate surface area is 101 Å². The molecule has 6 heteroatoms. The van der Waals surface area contributed by atoms with Gasteiger partial charge in [0.25, 0.3) is 0 Å². The number of rotatable bonds is 5. The van der Waals surface area contributed by atoms with Crippen LogP contribution in [0.3, 0.4) is 0 Å². The first-order valence-corrected chi connectivity index (χ1v) is 5.89. The lowest BCUT2D eigenvalue weighted by Gasteiger charge is -2.14. The third kappa shape index (κ3) is 5.31. The van der Waals surface area contributed by atoms with Crippen molar-refractivity contribution in [3.63, 3.8) is 0 Å². The van der Waals surface area contributed by atoms with Crippen molar-refractivity contribution in [1.29, 1.82) is 5.26 Å². The van der Waals surface area contributed by atoms with Crippen LogP contribution in [0, 0.1) is 11.3 Å². The number of likely N-dealkylation sites (tertiary alicyclic amines) is 1. The molecule has 94 valence electrons. The van der Waals surface area contributed by atoms with E-state index in [0.717, 1.165) is 26.1 Å². The number of nitrogens with one attached hydrogen (secondary N) is 2. The number of carbonyl (C=O) groups excluding carboxylic acids is 2. The molecule has 2 N–H and O–H groups in total. The zero-order valence-electron chi connectivity index (χ0n) is 9.87. The molecule has 0 atom stereocenters. The number of hydrogen-bond donors (Lipinski definition) is 2. The molecule has 0 spiro atoms. The van der Waals surface area contributed by atoms with E-state index >= 15 is 0 Å². The fourth-order valence-electron chi connectivity index (χ4n) is 1.79. The summed E-state index contributed by atoms with van der Waals surface area (Å²) in [5, 5.41) is 13.0. The van der Waals surface area contributed by atoms with Crippen molar-refractivity contribution in [3.05, 3.63) is 0 Å². The van der Waals surface area contributed by atoms with E-state index in [1.54, 1.807) is 6.07 Å². The Morgan fingerprint density at radius 3 is 2.47 bits per heavy atom. The van der Waals surface area contributed by atoms with E-state index in [1.807, 2.05) is 0 Å². The Kier molecular flexibility index (Phi) is 6.04. The SMILES string of the molecule is N#CCNC(=O)C(=O)NCCCN1CCCC1. The molecule has 0 aromatic carbocycles. The van der Waals surface area contributed by atoms with Crippen LogP contribution in [0.15, 0.2) is 0 Å². The molecular formula is C11H18N4O2. The van der Waals surface area contributed by atoms with Crippen LogP contribution >= 0.6 is 0 Å². The van der Waals surface area contributed by atoms with Crippen molar-refractivity contribution in [2.24, 2.45) is 0 Å². The van der Waals surface area contributed by atoms with Crippen molar-refractivity contribution in [2.75, 3.05) is 32.7 Å². The van der Waals surface area contributed by atoms with Crippen molar-refractivity contribution in [2.45, 2.75) is 19.3 Å². The molecule has 0 aliphatic carbocycles. The second-order valence-electron chi connectivity index (χ2n) is 4.00. The zero-order chi connectivity index (χ0) is 12.5. The Balaban J connectivity index is 2.03. The minimum absolute atomic E-state index is 0.139. The highest BCUT2D eigenvalue weighted by atomic mass is 16.2. The quantitative estimate of drug-likeness (QED) is 0.374. The molecule has 0 aromatic rings. The van der Waals surface area contributed by atoms with Crippen LogP contribution < -0.4 is 10.6 Å². The van der Waals surface area contributed by atoms with Gasteiger partial charge in [-0.2, -0.15) is 5.26 Å². The zero-order valence-corrected chi connectivity index (χ0v) is 9.87. The van der Waals surface area contributed by atoms with Gasteiger partial charge < -0.3 is 15.5 Å². The Morgan fingerprint density at radius 1 is 1.18 bits per heavy atom. The van der Waals surface area contributed by atoms with Crippen LogP contribution in [0.2, 0.25) is 0 Å². The van der Waals surface area contributed by atoms with Gasteiger partial charge in [0.2, 0.25) is 0 Å². The fourth-order valence-corrected chi connectivity index (χ4v) is 1.79. The summed E-state index contributed by atoms with van der Waals surface area (Å²) in [6, 6.07) is 1.74. The average Bonchev–Trinajstić information content (AvgIpc) is 2.84. The third-order valence-electron chi connectivity index (χ3n) is 2.67. The molecule has 1 aliphatic rings. The molecule has 0 radical (unpaired) electrons. The van der Waals surface area contributed by atoms with E-state index < -0.39 is 11.8 Å². The van der Waals surface area contributed by atoms with E-state index in [0.29, 0.717) is 6.54 Å². The van der Waals surface area contributed by atoms with Gasteiger partial charge in [-0.25, -0.2) is 0 Å². The first-order valence-electron chi connectivity index (χ1n) is 5.89. The molecular weight excluding hydrogens is 220 g/mol. The molecule has 2 amide bonds. The monoisotopic (exact) mass is 238 g/mol. The summed E-state index contributed by atoms with van der Waals surface area (Å²) in [7, 11) is 0. The smallest absolute Gasteiger partial charge is 0.310 e. The number of carbonyl (C=O) groups is 2. The maximum Gasteiger partial charge on any atom is 0.310 e. The topological polar surface area (TPSA) is 85.2 Å². The van der Waals surface area contributed by atoms with E-state index in [2.05, 4.69) is 15.5 Å². The third-order valence-corrected chi connectivity index (χ3v) is 2.67. The minimum Gasteiger partial charge on any atom is -0.348 e. The molecule has 6 nitrogen and oxygen atoms in total. The molecule has 0 unspecified atom stereocenters. The van der Waals surface area contributed by atoms with E-state index in [9.17, 15) is 9.59 Å². The maximum absolute atomic E-state index is 11.2. The summed E-state index contributed by atoms with van der Waals surface area (Å²) in [5.41, 5.74) is 0. The molecule has 0 aromatic heterocycles. The van der Waals surface area contributed by atoms with Gasteiger partial charge in [-0.05, 0) is 38.9 Å². The van der Waals surface area contributed by atoms with Gasteiger partial charge in [0.1, 0.15) is 6.54 Å². The van der Waals surface area contributed by atoms with Gasteiger partial charge in [0, 0.05) is 6.54 Å². The van der Waals surface area contributed by atoms with Crippen molar-refractivity contribution < 1.29 is 9.59 Å². The summed E-state index contributed by atoms with van der Waals surface area (Å²) >= 11 is 0. The number of amides is 2. The summed E-state index contributed by atoms with van der Waals surface area (Å²) < 4.78 is 0. The Hall–Kier alpha value is -1.61. The van der Waals surface area contributed by atoms with Crippen LogP contribution in [0.5, 0.6) is 0 Å². The molecule has 0 bridgehead atoms. The lowest BCUT2D eigenvalue weighted by Crippen LogP contribution is -2.40. The van der Waals surface area contributed by atoms with Crippen molar-refractivity contribution >= 4 is 11.8 Å². The van der Waals surface area contributed by atoms with Crippen LogP contribution in [0.4, 0.5) is 0 Å². The van der Waals surface area contributed by atoms with Crippen LogP contribution in [0.1, 0.15) is 19.3 Å². The molecule has 1 aliphatic heterocycles. The van der Waals surface area contributed by atoms with E-state index in [4.69, 9.17) is 5.26 Å². The first-order chi connectivity index (χ1) is 8.24. The summed E-state index contributed by atoms with van der Waals surface area (Å²) in [6.45, 7) is 3.59. The molecule has 17 heavy (non-hydrogen) atoms. The van der Waals surface area contributed by atoms with Gasteiger partial charge in [0.05, 0.1) is 6.07 Å². The number of hydrogen-bond acceptors (Lipinski definition) is 4. The fraction of sp³-hybridized carbons (Fsp3) is 0.727. The normalized spacial score (nSPS) is 15.2. The molecule has 1 fully saturated rings. The van der Waals surface area contributed by atoms with Gasteiger partial charge in [0.15, 0.2) is 0 Å². The Morgan fingerprint density at radius 2 is 1.82 bits per heavy atom. The lowest BCUT2D eigenvalue weighted by atomic mass is 10.4. The summed E-state index contributed by atoms with van der Waals surface area (Å²) in [5.74, 6) is -1.41. The highest BCUT2D eigenvalue weighted by Gasteiger charge is 2.13. The van der Waals surface area contributed by atoms with Crippen LogP contribution in [-0.2, 0) is 9.59 Å². The van der Waals surface area contributed by atoms with Gasteiger partial charge in [-0.15, -0.1) is 0 Å². The second-order valence-corrected chi connectivity index (χ2v) is 4.00. The average molecular weight is 238 g/mol. The molecule has 1 saturated heterocycles. The van der Waals surface area contributed by atoms with Crippen LogP contribution in [-0.4, -0.2) is 49.4 Å². The predicted molar refractivity (Wildman–Crippen MR) is 61.9 cm³/mol. The molecule has 1 rings (SSSR count). The molecule has 1 heterocycles. The van der Waals surface area contributed by atoms with Gasteiger partial charge >= 0.3 is 11.8 Å².